The van der Waals surface area contributed by atoms with Crippen molar-refractivity contribution in [3.05, 3.63) is 27.3 Å². The number of benzene rings is 1. The lowest BCUT2D eigenvalue weighted by molar-refractivity contribution is -0.384. The first-order valence-electron chi connectivity index (χ1n) is 3.58. The van der Waals surface area contributed by atoms with Crippen LogP contribution in [0.1, 0.15) is 0 Å². The SMILES string of the molecule is Nc1nsc2c(Cl)cc([N+](=O)[O-])cc12. The molecule has 1 heterocycles. The van der Waals surface area contributed by atoms with Crippen molar-refractivity contribution in [2.24, 2.45) is 0 Å². The van der Waals surface area contributed by atoms with Gasteiger partial charge in [0, 0.05) is 17.5 Å². The lowest BCUT2D eigenvalue weighted by Gasteiger charge is -1.94. The van der Waals surface area contributed by atoms with Gasteiger partial charge in [-0.1, -0.05) is 11.6 Å². The monoisotopic (exact) mass is 229 g/mol. The van der Waals surface area contributed by atoms with E-state index in [0.717, 1.165) is 11.5 Å². The van der Waals surface area contributed by atoms with Crippen molar-refractivity contribution in [3.63, 3.8) is 0 Å². The van der Waals surface area contributed by atoms with E-state index in [1.807, 2.05) is 0 Å². The minimum absolute atomic E-state index is 0.0746. The number of nitro benzene ring substituents is 1. The summed E-state index contributed by atoms with van der Waals surface area (Å²) in [7, 11) is 0. The fourth-order valence-corrected chi connectivity index (χ4v) is 2.12. The van der Waals surface area contributed by atoms with Gasteiger partial charge in [0.15, 0.2) is 0 Å². The Morgan fingerprint density at radius 1 is 1.57 bits per heavy atom. The Kier molecular flexibility index (Phi) is 2.01. The molecule has 72 valence electrons. The lowest BCUT2D eigenvalue weighted by atomic mass is 10.2. The molecule has 2 rings (SSSR count). The number of fused-ring (bicyclic) bond motifs is 1. The quantitative estimate of drug-likeness (QED) is 0.601. The maximum atomic E-state index is 10.5. The predicted molar refractivity (Wildman–Crippen MR) is 55.7 cm³/mol. The minimum atomic E-state index is -0.511. The summed E-state index contributed by atoms with van der Waals surface area (Å²) in [6, 6.07) is 2.67. The van der Waals surface area contributed by atoms with E-state index in [1.54, 1.807) is 0 Å². The topological polar surface area (TPSA) is 82.0 Å². The smallest absolute Gasteiger partial charge is 0.271 e. The third-order valence-corrected chi connectivity index (χ3v) is 3.07. The van der Waals surface area contributed by atoms with Gasteiger partial charge in [-0.25, -0.2) is 0 Å². The number of nitrogens with zero attached hydrogens (tertiary/aromatic N) is 2. The van der Waals surface area contributed by atoms with Gasteiger partial charge in [0.1, 0.15) is 5.82 Å². The van der Waals surface area contributed by atoms with E-state index in [-0.39, 0.29) is 11.5 Å². The van der Waals surface area contributed by atoms with Crippen molar-refractivity contribution in [2.75, 3.05) is 5.73 Å². The Bertz CT molecular complexity index is 525. The Morgan fingerprint density at radius 3 is 2.93 bits per heavy atom. The summed E-state index contributed by atoms with van der Waals surface area (Å²) < 4.78 is 4.55. The summed E-state index contributed by atoms with van der Waals surface area (Å²) in [6.07, 6.45) is 0. The molecule has 1 aromatic heterocycles. The Labute approximate surface area is 87.4 Å². The third kappa shape index (κ3) is 1.28. The zero-order valence-electron chi connectivity index (χ0n) is 6.73. The number of rotatable bonds is 1. The second-order valence-electron chi connectivity index (χ2n) is 2.63. The van der Waals surface area contributed by atoms with Crippen LogP contribution in [-0.4, -0.2) is 9.30 Å². The number of non-ortho nitro benzene ring substituents is 1. The van der Waals surface area contributed by atoms with Crippen molar-refractivity contribution >= 4 is 44.7 Å². The van der Waals surface area contributed by atoms with Gasteiger partial charge in [0.25, 0.3) is 5.69 Å². The molecule has 0 saturated heterocycles. The first-order chi connectivity index (χ1) is 6.59. The van der Waals surface area contributed by atoms with E-state index >= 15 is 0 Å². The van der Waals surface area contributed by atoms with Crippen LogP contribution in [0.5, 0.6) is 0 Å². The van der Waals surface area contributed by atoms with Crippen LogP contribution in [0, 0.1) is 10.1 Å². The molecular formula is C7H4ClN3O2S. The van der Waals surface area contributed by atoms with E-state index in [0.29, 0.717) is 15.1 Å². The second kappa shape index (κ2) is 3.07. The molecule has 1 aromatic carbocycles. The second-order valence-corrected chi connectivity index (χ2v) is 3.81. The molecule has 2 N–H and O–H groups in total. The number of hydrogen-bond donors (Lipinski definition) is 1. The molecule has 2 aromatic rings. The molecule has 0 saturated carbocycles. The van der Waals surface area contributed by atoms with Crippen LogP contribution in [0.15, 0.2) is 12.1 Å². The van der Waals surface area contributed by atoms with E-state index in [9.17, 15) is 10.1 Å². The Morgan fingerprint density at radius 2 is 2.29 bits per heavy atom. The molecule has 0 fully saturated rings. The lowest BCUT2D eigenvalue weighted by Crippen LogP contribution is -1.89. The van der Waals surface area contributed by atoms with E-state index in [4.69, 9.17) is 17.3 Å². The summed E-state index contributed by atoms with van der Waals surface area (Å²) in [5.74, 6) is 0.274. The molecule has 0 aliphatic rings. The van der Waals surface area contributed by atoms with Crippen molar-refractivity contribution in [1.29, 1.82) is 0 Å². The molecule has 0 atom stereocenters. The molecule has 0 aliphatic heterocycles. The molecule has 0 spiro atoms. The summed E-state index contributed by atoms with van der Waals surface area (Å²) >= 11 is 6.96. The molecule has 0 bridgehead atoms. The number of nitro groups is 1. The van der Waals surface area contributed by atoms with E-state index in [1.165, 1.54) is 12.1 Å². The fourth-order valence-electron chi connectivity index (χ4n) is 1.11. The summed E-state index contributed by atoms with van der Waals surface area (Å²) in [5, 5.41) is 11.4. The number of hydrogen-bond acceptors (Lipinski definition) is 5. The predicted octanol–water partition coefficient (Wildman–Crippen LogP) is 2.44. The number of nitrogen functional groups attached to an aromatic ring is 1. The summed E-state index contributed by atoms with van der Waals surface area (Å²) in [5.41, 5.74) is 5.46. The van der Waals surface area contributed by atoms with Gasteiger partial charge in [-0.15, -0.1) is 0 Å². The van der Waals surface area contributed by atoms with Gasteiger partial charge < -0.3 is 5.73 Å². The number of halogens is 1. The van der Waals surface area contributed by atoms with Gasteiger partial charge in [-0.05, 0) is 11.5 Å². The molecule has 0 unspecified atom stereocenters. The molecular weight excluding hydrogens is 226 g/mol. The van der Waals surface area contributed by atoms with Gasteiger partial charge in [0.2, 0.25) is 0 Å². The van der Waals surface area contributed by atoms with Crippen LogP contribution in [0.4, 0.5) is 11.5 Å². The molecule has 0 amide bonds. The van der Waals surface area contributed by atoms with Crippen LogP contribution in [0.2, 0.25) is 5.02 Å². The average molecular weight is 230 g/mol. The largest absolute Gasteiger partial charge is 0.382 e. The molecule has 14 heavy (non-hydrogen) atoms. The van der Waals surface area contributed by atoms with Crippen LogP contribution in [0.3, 0.4) is 0 Å². The van der Waals surface area contributed by atoms with Gasteiger partial charge in [-0.3, -0.25) is 10.1 Å². The van der Waals surface area contributed by atoms with Crippen molar-refractivity contribution in [1.82, 2.24) is 4.37 Å². The van der Waals surface area contributed by atoms with Gasteiger partial charge in [-0.2, -0.15) is 4.37 Å². The summed E-state index contributed by atoms with van der Waals surface area (Å²) in [4.78, 5) is 10.0. The van der Waals surface area contributed by atoms with Crippen LogP contribution >= 0.6 is 23.1 Å². The number of aromatic nitrogens is 1. The highest BCUT2D eigenvalue weighted by molar-refractivity contribution is 7.14. The highest BCUT2D eigenvalue weighted by Crippen LogP contribution is 2.34. The maximum Gasteiger partial charge on any atom is 0.271 e. The van der Waals surface area contributed by atoms with Crippen molar-refractivity contribution < 1.29 is 4.92 Å². The van der Waals surface area contributed by atoms with Crippen LogP contribution in [-0.2, 0) is 0 Å². The average Bonchev–Trinajstić information content (AvgIpc) is 2.48. The number of anilines is 1. The fraction of sp³-hybridized carbons (Fsp3) is 0. The van der Waals surface area contributed by atoms with Crippen LogP contribution < -0.4 is 5.73 Å². The van der Waals surface area contributed by atoms with Crippen molar-refractivity contribution in [3.8, 4) is 0 Å². The zero-order chi connectivity index (χ0) is 10.3. The molecule has 0 aliphatic carbocycles. The molecule has 5 nitrogen and oxygen atoms in total. The Balaban J connectivity index is 2.82. The molecule has 7 heteroatoms. The highest BCUT2D eigenvalue weighted by Gasteiger charge is 2.14. The normalized spacial score (nSPS) is 10.6. The maximum absolute atomic E-state index is 10.5. The van der Waals surface area contributed by atoms with Crippen LogP contribution in [0.25, 0.3) is 10.1 Å². The highest BCUT2D eigenvalue weighted by atomic mass is 35.5. The minimum Gasteiger partial charge on any atom is -0.382 e. The van der Waals surface area contributed by atoms with Crippen molar-refractivity contribution in [2.45, 2.75) is 0 Å². The third-order valence-electron chi connectivity index (χ3n) is 1.75. The van der Waals surface area contributed by atoms with E-state index in [2.05, 4.69) is 4.37 Å². The summed E-state index contributed by atoms with van der Waals surface area (Å²) in [6.45, 7) is 0. The first kappa shape index (κ1) is 9.17. The van der Waals surface area contributed by atoms with Gasteiger partial charge in [0.05, 0.1) is 14.6 Å². The standard InChI is InChI=1S/C7H4ClN3O2S/c8-5-2-3(11(12)13)1-4-6(5)14-10-7(4)9/h1-2H,(H2,9,10). The van der Waals surface area contributed by atoms with Gasteiger partial charge >= 0.3 is 0 Å². The first-order valence-corrected chi connectivity index (χ1v) is 4.73. The molecule has 0 radical (unpaired) electrons. The Hall–Kier alpha value is -1.40. The number of nitrogens with two attached hydrogens (primary N) is 1. The van der Waals surface area contributed by atoms with E-state index < -0.39 is 4.92 Å². The zero-order valence-corrected chi connectivity index (χ0v) is 8.30.